The van der Waals surface area contributed by atoms with Crippen molar-refractivity contribution < 1.29 is 24.2 Å². The number of carbonyl (C=O) groups is 3. The van der Waals surface area contributed by atoms with Gasteiger partial charge >= 0.3 is 0 Å². The van der Waals surface area contributed by atoms with Crippen LogP contribution in [0.25, 0.3) is 0 Å². The lowest BCUT2D eigenvalue weighted by atomic mass is 9.75. The summed E-state index contributed by atoms with van der Waals surface area (Å²) in [5, 5.41) is 16.1. The number of benzene rings is 2. The number of nitrogens with one attached hydrogen (secondary N) is 2. The van der Waals surface area contributed by atoms with E-state index in [4.69, 9.17) is 4.74 Å². The second-order valence-electron chi connectivity index (χ2n) is 9.21. The van der Waals surface area contributed by atoms with Crippen LogP contribution < -0.4 is 10.6 Å². The number of rotatable bonds is 5. The minimum Gasteiger partial charge on any atom is -0.508 e. The molecule has 1 spiro atoms. The third-order valence-corrected chi connectivity index (χ3v) is 7.17. The van der Waals surface area contributed by atoms with Crippen molar-refractivity contribution >= 4 is 23.4 Å². The lowest BCUT2D eigenvalue weighted by Gasteiger charge is -2.30. The summed E-state index contributed by atoms with van der Waals surface area (Å²) in [6, 6.07) is 10.3. The van der Waals surface area contributed by atoms with Gasteiger partial charge in [-0.15, -0.1) is 0 Å². The number of hydrogen-bond acceptors (Lipinski definition) is 6. The van der Waals surface area contributed by atoms with Crippen molar-refractivity contribution in [3.8, 4) is 5.75 Å². The van der Waals surface area contributed by atoms with Crippen LogP contribution in [-0.2, 0) is 31.1 Å². The third-order valence-electron chi connectivity index (χ3n) is 7.17. The third kappa shape index (κ3) is 3.08. The first kappa shape index (κ1) is 21.6. The molecule has 3 heterocycles. The molecule has 8 nitrogen and oxygen atoms in total. The van der Waals surface area contributed by atoms with Crippen LogP contribution in [0.1, 0.15) is 22.3 Å². The smallest absolute Gasteiger partial charge is 0.250 e. The molecule has 0 bridgehead atoms. The Balaban J connectivity index is 1.63. The van der Waals surface area contributed by atoms with Gasteiger partial charge in [-0.2, -0.15) is 0 Å². The number of ether oxygens (including phenoxy) is 1. The average Bonchev–Trinajstić information content (AvgIpc) is 3.34. The standard InChI is InChI=1S/C25H27N3O5/c1-13-10-14(2)21-17(11-13)25(24(32)26-21)20-19(22(30)28(23(20)31)8-9-33-3)18(27-25)12-15-4-6-16(29)7-5-15/h4-7,10-11,18-20,27,29H,8-9,12H2,1-3H3,(H,26,32)/t18-,19+,20-,25+/m0/s1. The van der Waals surface area contributed by atoms with Crippen LogP contribution in [0.15, 0.2) is 36.4 Å². The van der Waals surface area contributed by atoms with Gasteiger partial charge in [0.1, 0.15) is 11.3 Å². The molecule has 3 amide bonds. The van der Waals surface area contributed by atoms with Crippen LogP contribution in [0.2, 0.25) is 0 Å². The fourth-order valence-electron chi connectivity index (χ4n) is 5.78. The number of phenols is 1. The normalized spacial score (nSPS) is 27.9. The molecule has 172 valence electrons. The highest BCUT2D eigenvalue weighted by molar-refractivity contribution is 6.15. The second kappa shape index (κ2) is 7.67. The number of methoxy groups -OCH3 is 1. The Kier molecular flexibility index (Phi) is 5.02. The molecule has 2 fully saturated rings. The predicted octanol–water partition coefficient (Wildman–Crippen LogP) is 1.62. The average molecular weight is 450 g/mol. The molecular formula is C25H27N3O5. The Hall–Kier alpha value is -3.23. The van der Waals surface area contributed by atoms with Crippen LogP contribution in [0, 0.1) is 25.7 Å². The number of likely N-dealkylation sites (tertiary alicyclic amines) is 1. The Bertz CT molecular complexity index is 1160. The number of phenolic OH excluding ortho intramolecular Hbond substituents is 1. The number of anilines is 1. The molecule has 3 aliphatic heterocycles. The van der Waals surface area contributed by atoms with E-state index in [0.717, 1.165) is 22.3 Å². The predicted molar refractivity (Wildman–Crippen MR) is 121 cm³/mol. The zero-order valence-electron chi connectivity index (χ0n) is 18.8. The van der Waals surface area contributed by atoms with E-state index in [1.807, 2.05) is 26.0 Å². The zero-order valence-corrected chi connectivity index (χ0v) is 18.8. The van der Waals surface area contributed by atoms with E-state index in [1.54, 1.807) is 24.3 Å². The molecule has 4 atom stereocenters. The summed E-state index contributed by atoms with van der Waals surface area (Å²) in [4.78, 5) is 41.9. The summed E-state index contributed by atoms with van der Waals surface area (Å²) in [7, 11) is 1.52. The lowest BCUT2D eigenvalue weighted by Crippen LogP contribution is -2.53. The number of nitrogens with zero attached hydrogens (tertiary/aromatic N) is 1. The number of imide groups is 1. The van der Waals surface area contributed by atoms with Crippen LogP contribution in [0.5, 0.6) is 5.75 Å². The van der Waals surface area contributed by atoms with Gasteiger partial charge in [-0.25, -0.2) is 0 Å². The quantitative estimate of drug-likeness (QED) is 0.599. The Labute approximate surface area is 191 Å². The Morgan fingerprint density at radius 3 is 2.52 bits per heavy atom. The van der Waals surface area contributed by atoms with E-state index in [2.05, 4.69) is 10.6 Å². The van der Waals surface area contributed by atoms with Crippen LogP contribution in [0.3, 0.4) is 0 Å². The number of fused-ring (bicyclic) bond motifs is 4. The van der Waals surface area contributed by atoms with Crippen molar-refractivity contribution in [1.29, 1.82) is 0 Å². The van der Waals surface area contributed by atoms with Crippen molar-refractivity contribution in [1.82, 2.24) is 10.2 Å². The first-order valence-electron chi connectivity index (χ1n) is 11.1. The van der Waals surface area contributed by atoms with Gasteiger partial charge in [-0.05, 0) is 43.5 Å². The summed E-state index contributed by atoms with van der Waals surface area (Å²) < 4.78 is 5.12. The van der Waals surface area contributed by atoms with Gasteiger partial charge in [-0.3, -0.25) is 24.6 Å². The zero-order chi connectivity index (χ0) is 23.5. The minimum atomic E-state index is -1.31. The van der Waals surface area contributed by atoms with Crippen molar-refractivity contribution in [3.63, 3.8) is 0 Å². The van der Waals surface area contributed by atoms with E-state index in [9.17, 15) is 19.5 Å². The highest BCUT2D eigenvalue weighted by Gasteiger charge is 2.70. The number of hydrogen-bond donors (Lipinski definition) is 3. The van der Waals surface area contributed by atoms with Crippen LogP contribution in [0.4, 0.5) is 5.69 Å². The monoisotopic (exact) mass is 449 g/mol. The van der Waals surface area contributed by atoms with E-state index < -0.39 is 23.4 Å². The molecule has 0 saturated carbocycles. The summed E-state index contributed by atoms with van der Waals surface area (Å²) in [5.41, 5.74) is 2.92. The molecule has 33 heavy (non-hydrogen) atoms. The molecule has 3 N–H and O–H groups in total. The van der Waals surface area contributed by atoms with Gasteiger partial charge in [0.25, 0.3) is 0 Å². The lowest BCUT2D eigenvalue weighted by molar-refractivity contribution is -0.143. The highest BCUT2D eigenvalue weighted by atomic mass is 16.5. The molecule has 5 rings (SSSR count). The molecule has 2 aromatic carbocycles. The summed E-state index contributed by atoms with van der Waals surface area (Å²) in [6.07, 6.45) is 0.438. The van der Waals surface area contributed by atoms with Gasteiger partial charge in [0.05, 0.1) is 25.0 Å². The van der Waals surface area contributed by atoms with Gasteiger partial charge in [0.2, 0.25) is 17.7 Å². The number of aryl methyl sites for hydroxylation is 2. The van der Waals surface area contributed by atoms with Gasteiger partial charge < -0.3 is 15.2 Å². The molecular weight excluding hydrogens is 422 g/mol. The van der Waals surface area contributed by atoms with E-state index in [1.165, 1.54) is 12.0 Å². The maximum atomic E-state index is 13.6. The van der Waals surface area contributed by atoms with Crippen molar-refractivity contribution in [2.45, 2.75) is 31.8 Å². The first-order chi connectivity index (χ1) is 15.8. The number of carbonyl (C=O) groups excluding carboxylic acids is 3. The summed E-state index contributed by atoms with van der Waals surface area (Å²) in [6.45, 7) is 4.28. The largest absolute Gasteiger partial charge is 0.508 e. The molecule has 0 radical (unpaired) electrons. The fraction of sp³-hybridized carbons (Fsp3) is 0.400. The Morgan fingerprint density at radius 1 is 1.09 bits per heavy atom. The SMILES string of the molecule is COCCN1C(=O)[C@@H]2[C@H](Cc3ccc(O)cc3)N[C@@]3(C(=O)Nc4c(C)cc(C)cc43)[C@@H]2C1=O. The van der Waals surface area contributed by atoms with Gasteiger partial charge in [0, 0.05) is 24.4 Å². The molecule has 0 unspecified atom stereocenters. The minimum absolute atomic E-state index is 0.153. The van der Waals surface area contributed by atoms with Crippen molar-refractivity contribution in [2.75, 3.05) is 25.6 Å². The van der Waals surface area contributed by atoms with Crippen molar-refractivity contribution in [2.24, 2.45) is 11.8 Å². The molecule has 8 heteroatoms. The van der Waals surface area contributed by atoms with Gasteiger partial charge in [0.15, 0.2) is 0 Å². The van der Waals surface area contributed by atoms with Crippen LogP contribution in [-0.4, -0.2) is 54.0 Å². The molecule has 3 aliphatic rings. The molecule has 2 aromatic rings. The fourth-order valence-corrected chi connectivity index (χ4v) is 5.78. The molecule has 0 aromatic heterocycles. The summed E-state index contributed by atoms with van der Waals surface area (Å²) in [5.74, 6) is -2.29. The van der Waals surface area contributed by atoms with Crippen LogP contribution >= 0.6 is 0 Å². The maximum Gasteiger partial charge on any atom is 0.250 e. The highest BCUT2D eigenvalue weighted by Crippen LogP contribution is 2.54. The number of aromatic hydroxyl groups is 1. The summed E-state index contributed by atoms with van der Waals surface area (Å²) >= 11 is 0. The maximum absolute atomic E-state index is 13.6. The first-order valence-corrected chi connectivity index (χ1v) is 11.1. The second-order valence-corrected chi connectivity index (χ2v) is 9.21. The van der Waals surface area contributed by atoms with Gasteiger partial charge in [-0.1, -0.05) is 29.8 Å². The number of amides is 3. The topological polar surface area (TPSA) is 108 Å². The molecule has 0 aliphatic carbocycles. The van der Waals surface area contributed by atoms with Crippen molar-refractivity contribution in [3.05, 3.63) is 58.7 Å². The molecule has 2 saturated heterocycles. The van der Waals surface area contributed by atoms with E-state index in [-0.39, 0.29) is 36.6 Å². The Morgan fingerprint density at radius 2 is 1.82 bits per heavy atom. The van der Waals surface area contributed by atoms with E-state index in [0.29, 0.717) is 12.1 Å². The van der Waals surface area contributed by atoms with E-state index >= 15 is 0 Å².